The van der Waals surface area contributed by atoms with Crippen molar-refractivity contribution in [1.29, 1.82) is 0 Å². The van der Waals surface area contributed by atoms with Crippen LogP contribution < -0.4 is 0 Å². The van der Waals surface area contributed by atoms with Crippen molar-refractivity contribution in [3.05, 3.63) is 0 Å². The minimum Gasteiger partial charge on any atom is -0.154 e. The summed E-state index contributed by atoms with van der Waals surface area (Å²) >= 11 is 2.26. The lowest BCUT2D eigenvalue weighted by Gasteiger charge is -2.30. The van der Waals surface area contributed by atoms with Gasteiger partial charge in [-0.15, -0.1) is 0 Å². The molecule has 0 saturated heterocycles. The third-order valence-corrected chi connectivity index (χ3v) is 8.58. The molecule has 84 valence electrons. The summed E-state index contributed by atoms with van der Waals surface area (Å²) in [6.07, 6.45) is 7.41. The number of rotatable bonds is 3. The van der Waals surface area contributed by atoms with Crippen LogP contribution in [0.2, 0.25) is 0 Å². The SMILES string of the molecule is CP(CSC1CCCCC1)C(C)(C)C. The van der Waals surface area contributed by atoms with E-state index in [2.05, 4.69) is 39.2 Å². The standard InChI is InChI=1S/C12H25PS/c1-12(2,3)13(4)10-14-11-8-6-5-7-9-11/h11H,5-10H2,1-4H3. The first-order valence-electron chi connectivity index (χ1n) is 5.83. The van der Waals surface area contributed by atoms with Gasteiger partial charge in [0.2, 0.25) is 0 Å². The van der Waals surface area contributed by atoms with Crippen molar-refractivity contribution in [3.8, 4) is 0 Å². The molecule has 0 amide bonds. The van der Waals surface area contributed by atoms with Crippen molar-refractivity contribution in [2.24, 2.45) is 0 Å². The second-order valence-electron chi connectivity index (χ2n) is 5.42. The summed E-state index contributed by atoms with van der Waals surface area (Å²) in [6, 6.07) is 0. The van der Waals surface area contributed by atoms with E-state index in [-0.39, 0.29) is 7.92 Å². The molecule has 1 fully saturated rings. The molecule has 1 saturated carbocycles. The maximum absolute atomic E-state index is 2.46. The molecule has 1 aliphatic rings. The summed E-state index contributed by atoms with van der Waals surface area (Å²) in [4.78, 5) is 0. The van der Waals surface area contributed by atoms with Crippen LogP contribution in [-0.2, 0) is 0 Å². The molecule has 2 heteroatoms. The van der Waals surface area contributed by atoms with Crippen LogP contribution in [0.4, 0.5) is 0 Å². The molecule has 0 heterocycles. The molecule has 0 aromatic heterocycles. The molecule has 0 N–H and O–H groups in total. The van der Waals surface area contributed by atoms with Gasteiger partial charge in [0.15, 0.2) is 0 Å². The molecule has 0 spiro atoms. The Bertz CT molecular complexity index is 156. The van der Waals surface area contributed by atoms with Crippen molar-refractivity contribution in [2.45, 2.75) is 63.3 Å². The largest absolute Gasteiger partial charge is 0.154 e. The molecule has 0 bridgehead atoms. The molecule has 0 aromatic rings. The summed E-state index contributed by atoms with van der Waals surface area (Å²) in [5, 5.41) is 1.55. The number of hydrogen-bond donors (Lipinski definition) is 0. The zero-order chi connectivity index (χ0) is 10.6. The maximum Gasteiger partial charge on any atom is 0.0141 e. The molecule has 0 radical (unpaired) electrons. The van der Waals surface area contributed by atoms with E-state index in [1.165, 1.54) is 37.6 Å². The first-order valence-corrected chi connectivity index (χ1v) is 8.85. The smallest absolute Gasteiger partial charge is 0.0141 e. The average molecular weight is 232 g/mol. The summed E-state index contributed by atoms with van der Waals surface area (Å²) in [6.45, 7) is 9.63. The Labute approximate surface area is 95.4 Å². The fourth-order valence-electron chi connectivity index (χ4n) is 1.64. The van der Waals surface area contributed by atoms with E-state index in [0.29, 0.717) is 5.16 Å². The first-order chi connectivity index (χ1) is 6.50. The molecule has 1 rings (SSSR count). The van der Waals surface area contributed by atoms with Crippen molar-refractivity contribution < 1.29 is 0 Å². The summed E-state index contributed by atoms with van der Waals surface area (Å²) in [5.41, 5.74) is 1.42. The summed E-state index contributed by atoms with van der Waals surface area (Å²) < 4.78 is 0. The summed E-state index contributed by atoms with van der Waals surface area (Å²) in [5.74, 6) is 0. The number of thioether (sulfide) groups is 1. The van der Waals surface area contributed by atoms with Crippen LogP contribution in [-0.4, -0.2) is 22.6 Å². The van der Waals surface area contributed by atoms with Crippen LogP contribution >= 0.6 is 19.7 Å². The van der Waals surface area contributed by atoms with Gasteiger partial charge in [-0.3, -0.25) is 0 Å². The Morgan fingerprint density at radius 1 is 1.14 bits per heavy atom. The van der Waals surface area contributed by atoms with Gasteiger partial charge < -0.3 is 0 Å². The molecule has 1 atom stereocenters. The Morgan fingerprint density at radius 2 is 1.71 bits per heavy atom. The lowest BCUT2D eigenvalue weighted by molar-refractivity contribution is 0.516. The van der Waals surface area contributed by atoms with Crippen LogP contribution in [0.1, 0.15) is 52.9 Å². The molecular weight excluding hydrogens is 207 g/mol. The second kappa shape index (κ2) is 5.75. The van der Waals surface area contributed by atoms with E-state index < -0.39 is 0 Å². The van der Waals surface area contributed by atoms with Crippen molar-refractivity contribution in [2.75, 3.05) is 12.2 Å². The fourth-order valence-corrected chi connectivity index (χ4v) is 5.60. The first kappa shape index (κ1) is 12.8. The minimum atomic E-state index is 0.216. The Kier molecular flexibility index (Phi) is 5.28. The molecule has 0 aliphatic heterocycles. The molecule has 1 unspecified atom stereocenters. The lowest BCUT2D eigenvalue weighted by Crippen LogP contribution is -2.14. The molecular formula is C12H25PS. The van der Waals surface area contributed by atoms with Gasteiger partial charge in [-0.05, 0) is 24.7 Å². The van der Waals surface area contributed by atoms with Crippen LogP contribution in [0.15, 0.2) is 0 Å². The van der Waals surface area contributed by atoms with E-state index >= 15 is 0 Å². The highest BCUT2D eigenvalue weighted by Crippen LogP contribution is 2.49. The third-order valence-electron chi connectivity index (χ3n) is 3.20. The topological polar surface area (TPSA) is 0 Å². The molecule has 0 nitrogen and oxygen atoms in total. The van der Waals surface area contributed by atoms with Crippen molar-refractivity contribution in [3.63, 3.8) is 0 Å². The van der Waals surface area contributed by atoms with Crippen molar-refractivity contribution in [1.82, 2.24) is 0 Å². The maximum atomic E-state index is 2.46. The Hall–Kier alpha value is 0.780. The summed E-state index contributed by atoms with van der Waals surface area (Å²) in [7, 11) is 0.216. The van der Waals surface area contributed by atoms with E-state index in [0.717, 1.165) is 5.25 Å². The van der Waals surface area contributed by atoms with Gasteiger partial charge in [0, 0.05) is 10.7 Å². The van der Waals surface area contributed by atoms with E-state index in [9.17, 15) is 0 Å². The van der Waals surface area contributed by atoms with E-state index in [1.54, 1.807) is 0 Å². The zero-order valence-electron chi connectivity index (χ0n) is 10.2. The fraction of sp³-hybridized carbons (Fsp3) is 1.00. The second-order valence-corrected chi connectivity index (χ2v) is 10.2. The molecule has 1 aliphatic carbocycles. The number of hydrogen-bond acceptors (Lipinski definition) is 1. The highest BCUT2D eigenvalue weighted by Gasteiger charge is 2.21. The highest BCUT2D eigenvalue weighted by molar-refractivity contribution is 8.05. The van der Waals surface area contributed by atoms with Gasteiger partial charge in [0.05, 0.1) is 0 Å². The predicted molar refractivity (Wildman–Crippen MR) is 71.9 cm³/mol. The minimum absolute atomic E-state index is 0.216. The van der Waals surface area contributed by atoms with Gasteiger partial charge in [-0.25, -0.2) is 0 Å². The van der Waals surface area contributed by atoms with Gasteiger partial charge in [0.25, 0.3) is 0 Å². The van der Waals surface area contributed by atoms with Crippen LogP contribution in [0, 0.1) is 0 Å². The van der Waals surface area contributed by atoms with Gasteiger partial charge in [0.1, 0.15) is 0 Å². The molecule has 0 aromatic carbocycles. The highest BCUT2D eigenvalue weighted by atomic mass is 32.2. The quantitative estimate of drug-likeness (QED) is 0.622. The predicted octanol–water partition coefficient (Wildman–Crippen LogP) is 4.92. The van der Waals surface area contributed by atoms with Crippen LogP contribution in [0.25, 0.3) is 0 Å². The lowest BCUT2D eigenvalue weighted by atomic mass is 10.0. The van der Waals surface area contributed by atoms with Gasteiger partial charge in [-0.2, -0.15) is 11.8 Å². The Balaban J connectivity index is 2.19. The Morgan fingerprint density at radius 3 is 2.21 bits per heavy atom. The third kappa shape index (κ3) is 4.53. The van der Waals surface area contributed by atoms with Crippen molar-refractivity contribution >= 4 is 19.7 Å². The molecule has 14 heavy (non-hydrogen) atoms. The zero-order valence-corrected chi connectivity index (χ0v) is 11.9. The van der Waals surface area contributed by atoms with Gasteiger partial charge in [-0.1, -0.05) is 48.0 Å². The van der Waals surface area contributed by atoms with E-state index in [4.69, 9.17) is 0 Å². The van der Waals surface area contributed by atoms with Crippen LogP contribution in [0.3, 0.4) is 0 Å². The monoisotopic (exact) mass is 232 g/mol. The average Bonchev–Trinajstić information content (AvgIpc) is 2.14. The van der Waals surface area contributed by atoms with Gasteiger partial charge >= 0.3 is 0 Å². The van der Waals surface area contributed by atoms with E-state index in [1.807, 2.05) is 0 Å². The normalized spacial score (nSPS) is 22.3. The van der Waals surface area contributed by atoms with Crippen LogP contribution in [0.5, 0.6) is 0 Å².